The van der Waals surface area contributed by atoms with Gasteiger partial charge in [-0.05, 0) is 39.8 Å². The van der Waals surface area contributed by atoms with Crippen LogP contribution in [0.3, 0.4) is 0 Å². The molecule has 0 atom stereocenters. The molecule has 0 aliphatic carbocycles. The SMILES string of the molecule is S=P(Br)(Sc1ccccc1)Sc1ccccc1. The normalized spacial score (nSPS) is 11.4. The van der Waals surface area contributed by atoms with Gasteiger partial charge in [-0.1, -0.05) is 71.0 Å². The fourth-order valence-electron chi connectivity index (χ4n) is 1.23. The van der Waals surface area contributed by atoms with Gasteiger partial charge in [0.15, 0.2) is 0 Å². The van der Waals surface area contributed by atoms with Crippen LogP contribution in [0.4, 0.5) is 0 Å². The van der Waals surface area contributed by atoms with Crippen molar-refractivity contribution in [3.8, 4) is 0 Å². The van der Waals surface area contributed by atoms with Crippen molar-refractivity contribution in [3.63, 3.8) is 0 Å². The second kappa shape index (κ2) is 6.44. The topological polar surface area (TPSA) is 0 Å². The zero-order valence-electron chi connectivity index (χ0n) is 8.82. The van der Waals surface area contributed by atoms with Crippen LogP contribution in [0.25, 0.3) is 0 Å². The molecular formula is C12H10BrPS3. The van der Waals surface area contributed by atoms with E-state index in [-0.39, 0.29) is 0 Å². The Hall–Kier alpha value is 0.270. The Morgan fingerprint density at radius 3 is 1.47 bits per heavy atom. The zero-order chi connectivity index (χ0) is 12.1. The molecule has 5 heteroatoms. The number of halogens is 1. The van der Waals surface area contributed by atoms with Crippen molar-refractivity contribution in [1.29, 1.82) is 0 Å². The number of hydrogen-bond acceptors (Lipinski definition) is 3. The van der Waals surface area contributed by atoms with E-state index < -0.39 is 3.14 Å². The van der Waals surface area contributed by atoms with Crippen LogP contribution in [0.5, 0.6) is 0 Å². The summed E-state index contributed by atoms with van der Waals surface area (Å²) < 4.78 is -1.66. The summed E-state index contributed by atoms with van der Waals surface area (Å²) in [5.74, 6) is 0. The van der Waals surface area contributed by atoms with Gasteiger partial charge in [-0.3, -0.25) is 0 Å². The van der Waals surface area contributed by atoms with Crippen LogP contribution < -0.4 is 0 Å². The average molecular weight is 361 g/mol. The third-order valence-electron chi connectivity index (χ3n) is 1.92. The van der Waals surface area contributed by atoms with Gasteiger partial charge in [-0.2, -0.15) is 0 Å². The number of benzene rings is 2. The van der Waals surface area contributed by atoms with Gasteiger partial charge in [0.25, 0.3) is 0 Å². The minimum absolute atomic E-state index is 1.22. The first-order chi connectivity index (χ1) is 8.16. The predicted molar refractivity (Wildman–Crippen MR) is 87.8 cm³/mol. The van der Waals surface area contributed by atoms with Crippen molar-refractivity contribution >= 4 is 53.2 Å². The first-order valence-electron chi connectivity index (χ1n) is 4.95. The molecule has 2 rings (SSSR count). The smallest absolute Gasteiger partial charge is 0.0672 e. The summed E-state index contributed by atoms with van der Waals surface area (Å²) in [5, 5.41) is 0. The molecule has 0 unspecified atom stereocenters. The summed E-state index contributed by atoms with van der Waals surface area (Å²) in [4.78, 5) is 2.44. The first kappa shape index (κ1) is 13.7. The summed E-state index contributed by atoms with van der Waals surface area (Å²) in [5.41, 5.74) is 0. The van der Waals surface area contributed by atoms with Crippen molar-refractivity contribution in [2.24, 2.45) is 0 Å². The maximum absolute atomic E-state index is 5.66. The lowest BCUT2D eigenvalue weighted by molar-refractivity contribution is 1.48. The van der Waals surface area contributed by atoms with Gasteiger partial charge in [-0.15, -0.1) is 0 Å². The highest BCUT2D eigenvalue weighted by atomic mass is 79.9. The second-order valence-electron chi connectivity index (χ2n) is 3.24. The minimum atomic E-state index is -1.66. The Morgan fingerprint density at radius 1 is 0.765 bits per heavy atom. The van der Waals surface area contributed by atoms with E-state index in [2.05, 4.69) is 39.8 Å². The highest BCUT2D eigenvalue weighted by Crippen LogP contribution is 2.79. The Bertz CT molecular complexity index is 470. The van der Waals surface area contributed by atoms with Crippen LogP contribution >= 0.6 is 41.4 Å². The quantitative estimate of drug-likeness (QED) is 0.596. The Kier molecular flexibility index (Phi) is 5.19. The van der Waals surface area contributed by atoms with Crippen LogP contribution in [0.2, 0.25) is 0 Å². The molecule has 17 heavy (non-hydrogen) atoms. The van der Waals surface area contributed by atoms with E-state index in [4.69, 9.17) is 11.8 Å². The maximum Gasteiger partial charge on any atom is 0.127 e. The Balaban J connectivity index is 2.07. The molecule has 0 bridgehead atoms. The van der Waals surface area contributed by atoms with E-state index in [1.54, 1.807) is 22.8 Å². The second-order valence-corrected chi connectivity index (χ2v) is 20.9. The monoisotopic (exact) mass is 360 g/mol. The molecule has 0 fully saturated rings. The van der Waals surface area contributed by atoms with Gasteiger partial charge in [0.2, 0.25) is 0 Å². The van der Waals surface area contributed by atoms with Crippen LogP contribution in [0.1, 0.15) is 0 Å². The van der Waals surface area contributed by atoms with Crippen LogP contribution in [0.15, 0.2) is 70.5 Å². The van der Waals surface area contributed by atoms with E-state index in [1.807, 2.05) is 36.4 Å². The molecule has 0 aliphatic heterocycles. The van der Waals surface area contributed by atoms with E-state index in [0.717, 1.165) is 0 Å². The van der Waals surface area contributed by atoms with Crippen molar-refractivity contribution < 1.29 is 0 Å². The maximum atomic E-state index is 5.66. The van der Waals surface area contributed by atoms with Gasteiger partial charge in [0, 0.05) is 9.79 Å². The average Bonchev–Trinajstić information content (AvgIpc) is 2.30. The van der Waals surface area contributed by atoms with Crippen molar-refractivity contribution in [1.82, 2.24) is 0 Å². The summed E-state index contributed by atoms with van der Waals surface area (Å²) in [7, 11) is 0. The third-order valence-corrected chi connectivity index (χ3v) is 11.2. The number of hydrogen-bond donors (Lipinski definition) is 0. The molecular weight excluding hydrogens is 351 g/mol. The fourth-order valence-corrected chi connectivity index (χ4v) is 11.1. The molecule has 0 nitrogen and oxygen atoms in total. The van der Waals surface area contributed by atoms with Crippen LogP contribution in [-0.4, -0.2) is 0 Å². The highest BCUT2D eigenvalue weighted by molar-refractivity contribution is 9.63. The van der Waals surface area contributed by atoms with Gasteiger partial charge in [0.1, 0.15) is 3.14 Å². The highest BCUT2D eigenvalue weighted by Gasteiger charge is 2.16. The molecule has 0 N–H and O–H groups in total. The molecule has 2 aromatic rings. The molecule has 0 spiro atoms. The van der Waals surface area contributed by atoms with E-state index in [9.17, 15) is 0 Å². The molecule has 0 saturated heterocycles. The minimum Gasteiger partial charge on any atom is -0.0672 e. The molecule has 0 aromatic heterocycles. The molecule has 0 saturated carbocycles. The largest absolute Gasteiger partial charge is 0.127 e. The van der Waals surface area contributed by atoms with Crippen LogP contribution in [-0.2, 0) is 11.8 Å². The molecule has 2 aromatic carbocycles. The van der Waals surface area contributed by atoms with Crippen molar-refractivity contribution in [2.45, 2.75) is 9.79 Å². The lowest BCUT2D eigenvalue weighted by Crippen LogP contribution is -1.68. The summed E-state index contributed by atoms with van der Waals surface area (Å²) in [6.45, 7) is 0. The lowest BCUT2D eigenvalue weighted by Gasteiger charge is -2.13. The zero-order valence-corrected chi connectivity index (χ0v) is 13.8. The predicted octanol–water partition coefficient (Wildman–Crippen LogP) is 6.19. The fraction of sp³-hybridized carbons (Fsp3) is 0. The third kappa shape index (κ3) is 4.80. The summed E-state index contributed by atoms with van der Waals surface area (Å²) in [6, 6.07) is 20.6. The van der Waals surface area contributed by atoms with E-state index >= 15 is 0 Å². The lowest BCUT2D eigenvalue weighted by atomic mass is 10.4. The van der Waals surface area contributed by atoms with Crippen molar-refractivity contribution in [2.75, 3.05) is 0 Å². The van der Waals surface area contributed by atoms with E-state index in [1.165, 1.54) is 9.79 Å². The molecule has 0 heterocycles. The Morgan fingerprint density at radius 2 is 1.12 bits per heavy atom. The standard InChI is InChI=1S/C12H10BrPS3/c13-14(15,16-11-7-3-1-4-8-11)17-12-9-5-2-6-10-12/h1-10H. The first-order valence-corrected chi connectivity index (χ1v) is 12.6. The molecule has 0 aliphatic rings. The molecule has 88 valence electrons. The van der Waals surface area contributed by atoms with Gasteiger partial charge in [-0.25, -0.2) is 0 Å². The van der Waals surface area contributed by atoms with E-state index in [0.29, 0.717) is 0 Å². The van der Waals surface area contributed by atoms with Gasteiger partial charge in [0.05, 0.1) is 0 Å². The van der Waals surface area contributed by atoms with Gasteiger partial charge < -0.3 is 0 Å². The molecule has 0 amide bonds. The Labute approximate surface area is 123 Å². The van der Waals surface area contributed by atoms with Crippen molar-refractivity contribution in [3.05, 3.63) is 60.7 Å². The van der Waals surface area contributed by atoms with Gasteiger partial charge >= 0.3 is 0 Å². The number of rotatable bonds is 4. The van der Waals surface area contributed by atoms with Crippen LogP contribution in [0, 0.1) is 0 Å². The summed E-state index contributed by atoms with van der Waals surface area (Å²) in [6.07, 6.45) is 0. The molecule has 0 radical (unpaired) electrons. The summed E-state index contributed by atoms with van der Waals surface area (Å²) >= 11 is 12.9.